The monoisotopic (exact) mass is 565 g/mol. The van der Waals surface area contributed by atoms with E-state index in [-0.39, 0.29) is 42.1 Å². The van der Waals surface area contributed by atoms with Crippen LogP contribution >= 0.6 is 0 Å². The van der Waals surface area contributed by atoms with Crippen LogP contribution in [0.2, 0.25) is 0 Å². The molecule has 1 unspecified atom stereocenters. The maximum Gasteiger partial charge on any atom is 0.412 e. The number of ether oxygens (including phenoxy) is 2. The largest absolute Gasteiger partial charge is 0.474 e. The lowest BCUT2D eigenvalue weighted by atomic mass is 10.0. The summed E-state index contributed by atoms with van der Waals surface area (Å²) in [5.41, 5.74) is 1.35. The summed E-state index contributed by atoms with van der Waals surface area (Å²) in [4.78, 5) is 23.2. The maximum atomic E-state index is 14.2. The number of carbonyl (C=O) groups is 1. The molecule has 3 aliphatic heterocycles. The number of halogens is 4. The van der Waals surface area contributed by atoms with Crippen molar-refractivity contribution < 1.29 is 31.8 Å². The number of nitrogens with zero attached hydrogens (tertiary/aromatic N) is 4. The standard InChI is InChI=1S/C28H35F4N5O3/c1-18-13-36(23(12-33-18)14-35-7-8-39-16-19(35)2)15-26(38)37-24-10-21(9-20-3-5-22(29)6-4-20)11-34-27(24)40-17-25(37)28(30,31)32/h3-6,10-11,18-19,23,25,33H,7-9,12-17H2,1-2H3/t18-,19-,23-,25?/m1/s1. The first-order valence-corrected chi connectivity index (χ1v) is 13.6. The second kappa shape index (κ2) is 12.0. The van der Waals surface area contributed by atoms with Crippen molar-refractivity contribution in [1.82, 2.24) is 20.1 Å². The molecule has 2 aromatic rings. The second-order valence-electron chi connectivity index (χ2n) is 10.9. The van der Waals surface area contributed by atoms with Crippen molar-refractivity contribution in [2.45, 2.75) is 50.6 Å². The van der Waals surface area contributed by atoms with Gasteiger partial charge in [0.05, 0.1) is 19.8 Å². The molecule has 0 bridgehead atoms. The van der Waals surface area contributed by atoms with Crippen LogP contribution in [0.5, 0.6) is 5.88 Å². The Balaban J connectivity index is 1.40. The van der Waals surface area contributed by atoms with Gasteiger partial charge in [-0.1, -0.05) is 12.1 Å². The Bertz CT molecular complexity index is 1180. The van der Waals surface area contributed by atoms with Gasteiger partial charge < -0.3 is 14.8 Å². The minimum Gasteiger partial charge on any atom is -0.474 e. The number of rotatable bonds is 6. The van der Waals surface area contributed by atoms with Gasteiger partial charge in [-0.05, 0) is 49.6 Å². The van der Waals surface area contributed by atoms with E-state index in [1.165, 1.54) is 24.4 Å². The van der Waals surface area contributed by atoms with Crippen molar-refractivity contribution in [2.75, 3.05) is 57.4 Å². The molecule has 218 valence electrons. The lowest BCUT2D eigenvalue weighted by Gasteiger charge is -2.44. The molecule has 0 radical (unpaired) electrons. The van der Waals surface area contributed by atoms with E-state index < -0.39 is 24.7 Å². The average molecular weight is 566 g/mol. The molecule has 4 heterocycles. The molecule has 4 atom stereocenters. The van der Waals surface area contributed by atoms with E-state index in [0.29, 0.717) is 44.8 Å². The van der Waals surface area contributed by atoms with E-state index in [1.807, 2.05) is 11.8 Å². The molecule has 1 N–H and O–H groups in total. The topological polar surface area (TPSA) is 70.2 Å². The van der Waals surface area contributed by atoms with Crippen LogP contribution in [0.4, 0.5) is 23.2 Å². The van der Waals surface area contributed by atoms with Crippen LogP contribution < -0.4 is 15.0 Å². The van der Waals surface area contributed by atoms with Crippen LogP contribution in [0.15, 0.2) is 36.5 Å². The molecule has 0 spiro atoms. The van der Waals surface area contributed by atoms with Gasteiger partial charge in [-0.15, -0.1) is 0 Å². The van der Waals surface area contributed by atoms with E-state index in [9.17, 15) is 22.4 Å². The molecular formula is C28H35F4N5O3. The van der Waals surface area contributed by atoms with Gasteiger partial charge in [-0.25, -0.2) is 9.37 Å². The fourth-order valence-electron chi connectivity index (χ4n) is 5.61. The Morgan fingerprint density at radius 1 is 1.12 bits per heavy atom. The number of hydrogen-bond donors (Lipinski definition) is 1. The van der Waals surface area contributed by atoms with Gasteiger partial charge in [0.15, 0.2) is 6.04 Å². The fraction of sp³-hybridized carbons (Fsp3) is 0.571. The minimum absolute atomic E-state index is 0.000258. The summed E-state index contributed by atoms with van der Waals surface area (Å²) in [5, 5.41) is 3.44. The van der Waals surface area contributed by atoms with E-state index in [4.69, 9.17) is 9.47 Å². The molecule has 1 aromatic heterocycles. The van der Waals surface area contributed by atoms with E-state index in [2.05, 4.69) is 22.1 Å². The quantitative estimate of drug-likeness (QED) is 0.541. The highest BCUT2D eigenvalue weighted by Crippen LogP contribution is 2.39. The van der Waals surface area contributed by atoms with Gasteiger partial charge >= 0.3 is 6.18 Å². The molecule has 8 nitrogen and oxygen atoms in total. The maximum absolute atomic E-state index is 14.2. The summed E-state index contributed by atoms with van der Waals surface area (Å²) in [5.74, 6) is -1.04. The number of morpholine rings is 1. The zero-order valence-corrected chi connectivity index (χ0v) is 22.7. The number of pyridine rings is 1. The van der Waals surface area contributed by atoms with Gasteiger partial charge in [0.2, 0.25) is 11.8 Å². The third-order valence-corrected chi connectivity index (χ3v) is 7.82. The first-order valence-electron chi connectivity index (χ1n) is 13.6. The predicted molar refractivity (Wildman–Crippen MR) is 141 cm³/mol. The van der Waals surface area contributed by atoms with Gasteiger partial charge in [0.25, 0.3) is 0 Å². The minimum atomic E-state index is -4.69. The zero-order chi connectivity index (χ0) is 28.4. The molecule has 1 amide bonds. The van der Waals surface area contributed by atoms with E-state index in [0.717, 1.165) is 17.0 Å². The van der Waals surface area contributed by atoms with Gasteiger partial charge in [-0.3, -0.25) is 19.5 Å². The highest BCUT2D eigenvalue weighted by Gasteiger charge is 2.50. The number of fused-ring (bicyclic) bond motifs is 1. The smallest absolute Gasteiger partial charge is 0.412 e. The van der Waals surface area contributed by atoms with Crippen LogP contribution in [0.3, 0.4) is 0 Å². The lowest BCUT2D eigenvalue weighted by molar-refractivity contribution is -0.161. The Morgan fingerprint density at radius 2 is 1.90 bits per heavy atom. The van der Waals surface area contributed by atoms with Crippen LogP contribution in [-0.2, 0) is 16.0 Å². The Morgan fingerprint density at radius 3 is 2.62 bits per heavy atom. The highest BCUT2D eigenvalue weighted by molar-refractivity contribution is 5.97. The number of nitrogens with one attached hydrogen (secondary N) is 1. The van der Waals surface area contributed by atoms with Crippen LogP contribution in [-0.4, -0.2) is 104 Å². The summed E-state index contributed by atoms with van der Waals surface area (Å²) < 4.78 is 67.0. The molecular weight excluding hydrogens is 530 g/mol. The summed E-state index contributed by atoms with van der Waals surface area (Å²) in [6.07, 6.45) is -2.87. The number of aromatic nitrogens is 1. The third-order valence-electron chi connectivity index (χ3n) is 7.82. The summed E-state index contributed by atoms with van der Waals surface area (Å²) in [7, 11) is 0. The average Bonchev–Trinajstić information content (AvgIpc) is 2.91. The van der Waals surface area contributed by atoms with Crippen molar-refractivity contribution in [3.8, 4) is 5.88 Å². The molecule has 0 saturated carbocycles. The number of anilines is 1. The third kappa shape index (κ3) is 6.56. The van der Waals surface area contributed by atoms with Crippen LogP contribution in [0.25, 0.3) is 0 Å². The Hall–Kier alpha value is -2.80. The van der Waals surface area contributed by atoms with Gasteiger partial charge in [-0.2, -0.15) is 13.2 Å². The van der Waals surface area contributed by atoms with Gasteiger partial charge in [0, 0.05) is 50.5 Å². The molecule has 5 rings (SSSR count). The number of carbonyl (C=O) groups excluding carboxylic acids is 1. The SMILES string of the molecule is C[C@@H]1CN(CC(=O)N2c3cc(Cc4ccc(F)cc4)cnc3OCC2C(F)(F)F)[C@@H](CN2CCOC[C@H]2C)CN1. The molecule has 3 aliphatic rings. The molecule has 1 aromatic carbocycles. The van der Waals surface area contributed by atoms with Crippen LogP contribution in [0.1, 0.15) is 25.0 Å². The lowest BCUT2D eigenvalue weighted by Crippen LogP contribution is -2.63. The molecule has 2 saturated heterocycles. The van der Waals surface area contributed by atoms with E-state index in [1.54, 1.807) is 12.1 Å². The molecule has 40 heavy (non-hydrogen) atoms. The number of piperazine rings is 1. The van der Waals surface area contributed by atoms with E-state index >= 15 is 0 Å². The first-order chi connectivity index (χ1) is 19.1. The number of benzene rings is 1. The number of amides is 1. The zero-order valence-electron chi connectivity index (χ0n) is 22.7. The number of alkyl halides is 3. The second-order valence-corrected chi connectivity index (χ2v) is 10.9. The molecule has 2 fully saturated rings. The van der Waals surface area contributed by atoms with Crippen molar-refractivity contribution in [1.29, 1.82) is 0 Å². The van der Waals surface area contributed by atoms with Crippen molar-refractivity contribution >= 4 is 11.6 Å². The highest BCUT2D eigenvalue weighted by atomic mass is 19.4. The molecule has 0 aliphatic carbocycles. The number of hydrogen-bond acceptors (Lipinski definition) is 7. The van der Waals surface area contributed by atoms with Crippen molar-refractivity contribution in [3.05, 3.63) is 53.5 Å². The normalized spacial score (nSPS) is 26.3. The fourth-order valence-corrected chi connectivity index (χ4v) is 5.61. The Labute approximate surface area is 231 Å². The summed E-state index contributed by atoms with van der Waals surface area (Å²) in [6.45, 7) is 7.07. The summed E-state index contributed by atoms with van der Waals surface area (Å²) >= 11 is 0. The Kier molecular flexibility index (Phi) is 8.60. The molecule has 12 heteroatoms. The predicted octanol–water partition coefficient (Wildman–Crippen LogP) is 2.85. The summed E-state index contributed by atoms with van der Waals surface area (Å²) in [6, 6.07) is 5.51. The first kappa shape index (κ1) is 28.7. The van der Waals surface area contributed by atoms with Gasteiger partial charge in [0.1, 0.15) is 18.1 Å². The van der Waals surface area contributed by atoms with Crippen LogP contribution in [0, 0.1) is 5.82 Å². The van der Waals surface area contributed by atoms with Crippen molar-refractivity contribution in [3.63, 3.8) is 0 Å². The van der Waals surface area contributed by atoms with Crippen molar-refractivity contribution in [2.24, 2.45) is 0 Å².